The summed E-state index contributed by atoms with van der Waals surface area (Å²) >= 11 is 0. The standard InChI is InChI=1S/C24H31N3O4/c1-30-22-8-6-7-20(17-22)26-23(28)18-31-21-11-9-19(10-12-21)24(29)25-13-16-27-14-4-2-3-5-15-27/h6-12,17H,2-5,13-16,18H2,1H3,(H,25,29)(H,26,28). The van der Waals surface area contributed by atoms with Crippen LogP contribution in [0.5, 0.6) is 11.5 Å². The fourth-order valence-electron chi connectivity index (χ4n) is 3.54. The van der Waals surface area contributed by atoms with Crippen LogP contribution in [0.3, 0.4) is 0 Å². The van der Waals surface area contributed by atoms with Gasteiger partial charge in [-0.3, -0.25) is 9.59 Å². The minimum atomic E-state index is -0.274. The van der Waals surface area contributed by atoms with Crippen molar-refractivity contribution in [2.75, 3.05) is 45.2 Å². The summed E-state index contributed by atoms with van der Waals surface area (Å²) in [6.07, 6.45) is 5.10. The van der Waals surface area contributed by atoms with Gasteiger partial charge in [0.1, 0.15) is 11.5 Å². The van der Waals surface area contributed by atoms with Gasteiger partial charge in [-0.1, -0.05) is 18.9 Å². The van der Waals surface area contributed by atoms with Gasteiger partial charge in [0.15, 0.2) is 6.61 Å². The zero-order valence-electron chi connectivity index (χ0n) is 18.1. The SMILES string of the molecule is COc1cccc(NC(=O)COc2ccc(C(=O)NCCN3CCCCCC3)cc2)c1. The lowest BCUT2D eigenvalue weighted by atomic mass is 10.2. The van der Waals surface area contributed by atoms with E-state index in [4.69, 9.17) is 9.47 Å². The summed E-state index contributed by atoms with van der Waals surface area (Å²) < 4.78 is 10.7. The van der Waals surface area contributed by atoms with E-state index in [0.29, 0.717) is 29.3 Å². The Kier molecular flexibility index (Phi) is 8.72. The number of ether oxygens (including phenoxy) is 2. The molecule has 0 bridgehead atoms. The van der Waals surface area contributed by atoms with Crippen LogP contribution in [0.15, 0.2) is 48.5 Å². The number of anilines is 1. The molecule has 0 aliphatic carbocycles. The molecular formula is C24H31N3O4. The molecule has 1 aliphatic heterocycles. The molecule has 1 saturated heterocycles. The molecule has 3 rings (SSSR count). The van der Waals surface area contributed by atoms with E-state index >= 15 is 0 Å². The van der Waals surface area contributed by atoms with Gasteiger partial charge in [0.25, 0.3) is 11.8 Å². The zero-order chi connectivity index (χ0) is 21.9. The second-order valence-electron chi connectivity index (χ2n) is 7.60. The summed E-state index contributed by atoms with van der Waals surface area (Å²) in [5.41, 5.74) is 1.21. The average molecular weight is 426 g/mol. The first-order valence-electron chi connectivity index (χ1n) is 10.8. The van der Waals surface area contributed by atoms with Crippen LogP contribution < -0.4 is 20.1 Å². The fourth-order valence-corrected chi connectivity index (χ4v) is 3.54. The number of likely N-dealkylation sites (tertiary alicyclic amines) is 1. The molecule has 1 heterocycles. The Balaban J connectivity index is 1.39. The predicted molar refractivity (Wildman–Crippen MR) is 121 cm³/mol. The van der Waals surface area contributed by atoms with Crippen molar-refractivity contribution in [2.24, 2.45) is 0 Å². The number of nitrogens with one attached hydrogen (secondary N) is 2. The molecule has 7 heteroatoms. The molecule has 0 spiro atoms. The number of carbonyl (C=O) groups excluding carboxylic acids is 2. The molecular weight excluding hydrogens is 394 g/mol. The molecule has 1 aliphatic rings. The predicted octanol–water partition coefficient (Wildman–Crippen LogP) is 3.32. The summed E-state index contributed by atoms with van der Waals surface area (Å²) in [7, 11) is 1.57. The zero-order valence-corrected chi connectivity index (χ0v) is 18.1. The first-order valence-corrected chi connectivity index (χ1v) is 10.8. The van der Waals surface area contributed by atoms with E-state index in [1.807, 2.05) is 0 Å². The molecule has 0 atom stereocenters. The number of carbonyl (C=O) groups is 2. The van der Waals surface area contributed by atoms with Gasteiger partial charge >= 0.3 is 0 Å². The van der Waals surface area contributed by atoms with Gasteiger partial charge in [0.05, 0.1) is 7.11 Å². The Morgan fingerprint density at radius 3 is 2.42 bits per heavy atom. The van der Waals surface area contributed by atoms with Crippen molar-refractivity contribution >= 4 is 17.5 Å². The normalized spacial score (nSPS) is 14.4. The highest BCUT2D eigenvalue weighted by molar-refractivity contribution is 5.94. The van der Waals surface area contributed by atoms with Crippen molar-refractivity contribution in [2.45, 2.75) is 25.7 Å². The minimum absolute atomic E-state index is 0.0999. The largest absolute Gasteiger partial charge is 0.497 e. The maximum Gasteiger partial charge on any atom is 0.262 e. The quantitative estimate of drug-likeness (QED) is 0.644. The van der Waals surface area contributed by atoms with Crippen LogP contribution in [0.25, 0.3) is 0 Å². The van der Waals surface area contributed by atoms with Crippen LogP contribution >= 0.6 is 0 Å². The number of rotatable bonds is 9. The average Bonchev–Trinajstić information content (AvgIpc) is 3.07. The van der Waals surface area contributed by atoms with Crippen LogP contribution in [-0.2, 0) is 4.79 Å². The van der Waals surface area contributed by atoms with Gasteiger partial charge in [-0.15, -0.1) is 0 Å². The minimum Gasteiger partial charge on any atom is -0.497 e. The van der Waals surface area contributed by atoms with Crippen LogP contribution in [-0.4, -0.2) is 56.6 Å². The topological polar surface area (TPSA) is 79.9 Å². The smallest absolute Gasteiger partial charge is 0.262 e. The van der Waals surface area contributed by atoms with Crippen LogP contribution in [0.1, 0.15) is 36.0 Å². The Labute approximate surface area is 183 Å². The molecule has 2 amide bonds. The molecule has 2 aromatic rings. The highest BCUT2D eigenvalue weighted by Gasteiger charge is 2.10. The fraction of sp³-hybridized carbons (Fsp3) is 0.417. The van der Waals surface area contributed by atoms with E-state index in [0.717, 1.165) is 19.6 Å². The lowest BCUT2D eigenvalue weighted by Gasteiger charge is -2.19. The highest BCUT2D eigenvalue weighted by atomic mass is 16.5. The summed E-state index contributed by atoms with van der Waals surface area (Å²) in [6, 6.07) is 13.9. The Morgan fingerprint density at radius 1 is 0.968 bits per heavy atom. The lowest BCUT2D eigenvalue weighted by molar-refractivity contribution is -0.118. The summed E-state index contributed by atoms with van der Waals surface area (Å²) in [5, 5.41) is 5.74. The van der Waals surface area contributed by atoms with Crippen molar-refractivity contribution < 1.29 is 19.1 Å². The third-order valence-electron chi connectivity index (χ3n) is 5.25. The van der Waals surface area contributed by atoms with E-state index in [1.54, 1.807) is 55.6 Å². The van der Waals surface area contributed by atoms with Gasteiger partial charge in [-0.05, 0) is 62.3 Å². The van der Waals surface area contributed by atoms with Crippen molar-refractivity contribution in [3.8, 4) is 11.5 Å². The number of hydrogen-bond acceptors (Lipinski definition) is 5. The first kappa shape index (κ1) is 22.6. The summed E-state index contributed by atoms with van der Waals surface area (Å²) in [5.74, 6) is 0.821. The highest BCUT2D eigenvalue weighted by Crippen LogP contribution is 2.17. The second-order valence-corrected chi connectivity index (χ2v) is 7.60. The number of benzene rings is 2. The van der Waals surface area contributed by atoms with Crippen LogP contribution in [0.4, 0.5) is 5.69 Å². The number of amides is 2. The second kappa shape index (κ2) is 12.0. The molecule has 2 N–H and O–H groups in total. The third-order valence-corrected chi connectivity index (χ3v) is 5.25. The lowest BCUT2D eigenvalue weighted by Crippen LogP contribution is -2.35. The van der Waals surface area contributed by atoms with Crippen molar-refractivity contribution in [3.05, 3.63) is 54.1 Å². The summed E-state index contributed by atoms with van der Waals surface area (Å²) in [6.45, 7) is 3.63. The number of methoxy groups -OCH3 is 1. The van der Waals surface area contributed by atoms with Crippen molar-refractivity contribution in [1.29, 1.82) is 0 Å². The molecule has 1 fully saturated rings. The molecule has 0 radical (unpaired) electrons. The molecule has 0 aromatic heterocycles. The van der Waals surface area contributed by atoms with E-state index in [1.165, 1.54) is 25.7 Å². The Morgan fingerprint density at radius 2 is 1.71 bits per heavy atom. The molecule has 7 nitrogen and oxygen atoms in total. The third kappa shape index (κ3) is 7.61. The van der Waals surface area contributed by atoms with Crippen LogP contribution in [0.2, 0.25) is 0 Å². The van der Waals surface area contributed by atoms with Gasteiger partial charge in [0, 0.05) is 30.4 Å². The van der Waals surface area contributed by atoms with Crippen molar-refractivity contribution in [3.63, 3.8) is 0 Å². The molecule has 166 valence electrons. The Hall–Kier alpha value is -3.06. The van der Waals surface area contributed by atoms with Gasteiger partial charge in [-0.2, -0.15) is 0 Å². The molecule has 0 unspecified atom stereocenters. The van der Waals surface area contributed by atoms with E-state index < -0.39 is 0 Å². The summed E-state index contributed by atoms with van der Waals surface area (Å²) in [4.78, 5) is 26.8. The number of nitrogens with zero attached hydrogens (tertiary/aromatic N) is 1. The van der Waals surface area contributed by atoms with E-state index in [-0.39, 0.29) is 18.4 Å². The van der Waals surface area contributed by atoms with Crippen LogP contribution in [0, 0.1) is 0 Å². The Bertz CT molecular complexity index is 846. The molecule has 31 heavy (non-hydrogen) atoms. The number of hydrogen-bond donors (Lipinski definition) is 2. The van der Waals surface area contributed by atoms with Gasteiger partial charge in [-0.25, -0.2) is 0 Å². The van der Waals surface area contributed by atoms with Crippen molar-refractivity contribution in [1.82, 2.24) is 10.2 Å². The molecule has 0 saturated carbocycles. The first-order chi connectivity index (χ1) is 15.1. The maximum atomic E-state index is 12.3. The molecule has 2 aromatic carbocycles. The van der Waals surface area contributed by atoms with Gasteiger partial charge < -0.3 is 25.0 Å². The maximum absolute atomic E-state index is 12.3. The van der Waals surface area contributed by atoms with E-state index in [2.05, 4.69) is 15.5 Å². The van der Waals surface area contributed by atoms with Gasteiger partial charge in [0.2, 0.25) is 0 Å². The monoisotopic (exact) mass is 425 g/mol. The van der Waals surface area contributed by atoms with E-state index in [9.17, 15) is 9.59 Å².